The molecule has 0 spiro atoms. The number of ketones is 1. The lowest BCUT2D eigenvalue weighted by molar-refractivity contribution is -0.384. The first-order chi connectivity index (χ1) is 11.0. The molecule has 0 aromatic heterocycles. The molecule has 8 heteroatoms. The predicted octanol–water partition coefficient (Wildman–Crippen LogP) is 2.28. The third-order valence-electron chi connectivity index (χ3n) is 4.97. The minimum atomic E-state index is -3.90. The van der Waals surface area contributed by atoms with Crippen LogP contribution in [0.3, 0.4) is 0 Å². The fraction of sp³-hybridized carbons (Fsp3) is 0.438. The van der Waals surface area contributed by atoms with Crippen LogP contribution in [0.15, 0.2) is 41.3 Å². The van der Waals surface area contributed by atoms with Crippen LogP contribution in [0.1, 0.15) is 27.2 Å². The highest BCUT2D eigenvalue weighted by Gasteiger charge is 2.58. The van der Waals surface area contributed by atoms with E-state index in [-0.39, 0.29) is 22.8 Å². The standard InChI is InChI=1S/C16H18N2O5S/c1-15(2)13-8-9-16(3,10-14(15)19)17(13)24(22,23)12-6-4-11(5-7-12)18(20)21/h4-9,13H,10H2,1-3H3/t13-,16+/m1/s1. The van der Waals surface area contributed by atoms with Crippen LogP contribution in [0.5, 0.6) is 0 Å². The third-order valence-corrected chi connectivity index (χ3v) is 7.00. The van der Waals surface area contributed by atoms with Gasteiger partial charge in [0, 0.05) is 24.0 Å². The topological polar surface area (TPSA) is 97.6 Å². The Balaban J connectivity index is 2.07. The lowest BCUT2D eigenvalue weighted by Gasteiger charge is -2.47. The molecule has 7 nitrogen and oxygen atoms in total. The number of nitro benzene ring substituents is 1. The number of Topliss-reactive ketones (excluding diaryl/α,β-unsaturated/α-hetero) is 1. The molecule has 2 aliphatic heterocycles. The molecule has 2 heterocycles. The molecular weight excluding hydrogens is 332 g/mol. The van der Waals surface area contributed by atoms with Crippen molar-refractivity contribution in [1.82, 2.24) is 4.31 Å². The summed E-state index contributed by atoms with van der Waals surface area (Å²) in [6, 6.07) is 4.25. The number of non-ortho nitro benzene ring substituents is 1. The summed E-state index contributed by atoms with van der Waals surface area (Å²) in [5.74, 6) is 0.0233. The van der Waals surface area contributed by atoms with Gasteiger partial charge in [0.25, 0.3) is 5.69 Å². The molecule has 0 amide bonds. The first kappa shape index (κ1) is 16.8. The lowest BCUT2D eigenvalue weighted by atomic mass is 9.74. The molecule has 2 bridgehead atoms. The van der Waals surface area contributed by atoms with Crippen molar-refractivity contribution in [3.05, 3.63) is 46.5 Å². The maximum absolute atomic E-state index is 13.1. The van der Waals surface area contributed by atoms with E-state index in [2.05, 4.69) is 0 Å². The number of carbonyl (C=O) groups excluding carboxylic acids is 1. The van der Waals surface area contributed by atoms with E-state index in [1.807, 2.05) is 0 Å². The van der Waals surface area contributed by atoms with Gasteiger partial charge in [-0.1, -0.05) is 26.0 Å². The second-order valence-electron chi connectivity index (χ2n) is 7.03. The lowest BCUT2D eigenvalue weighted by Crippen LogP contribution is -2.61. The van der Waals surface area contributed by atoms with Crippen molar-refractivity contribution in [3.8, 4) is 0 Å². The molecule has 0 aliphatic carbocycles. The Morgan fingerprint density at radius 1 is 1.21 bits per heavy atom. The van der Waals surface area contributed by atoms with Crippen LogP contribution in [0.2, 0.25) is 0 Å². The SMILES string of the molecule is CC1(C)C(=O)C[C@]2(C)C=C[C@H]1N2S(=O)(=O)c1ccc([N+](=O)[O-])cc1. The van der Waals surface area contributed by atoms with Crippen molar-refractivity contribution in [2.24, 2.45) is 5.41 Å². The monoisotopic (exact) mass is 350 g/mol. The molecule has 0 unspecified atom stereocenters. The number of nitro groups is 1. The quantitative estimate of drug-likeness (QED) is 0.473. The zero-order chi connectivity index (χ0) is 17.9. The average Bonchev–Trinajstić information content (AvgIpc) is 2.81. The number of fused-ring (bicyclic) bond motifs is 2. The molecule has 2 atom stereocenters. The number of sulfonamides is 1. The number of benzene rings is 1. The minimum Gasteiger partial charge on any atom is -0.299 e. The van der Waals surface area contributed by atoms with Crippen molar-refractivity contribution < 1.29 is 18.1 Å². The summed E-state index contributed by atoms with van der Waals surface area (Å²) < 4.78 is 27.6. The van der Waals surface area contributed by atoms with Gasteiger partial charge in [-0.3, -0.25) is 14.9 Å². The van der Waals surface area contributed by atoms with Crippen LogP contribution < -0.4 is 0 Å². The van der Waals surface area contributed by atoms with E-state index >= 15 is 0 Å². The first-order valence-electron chi connectivity index (χ1n) is 7.52. The van der Waals surface area contributed by atoms with E-state index in [0.717, 1.165) is 0 Å². The van der Waals surface area contributed by atoms with Gasteiger partial charge >= 0.3 is 0 Å². The number of piperidine rings is 1. The van der Waals surface area contributed by atoms with E-state index < -0.39 is 31.9 Å². The van der Waals surface area contributed by atoms with Gasteiger partial charge < -0.3 is 0 Å². The van der Waals surface area contributed by atoms with Gasteiger partial charge in [-0.25, -0.2) is 8.42 Å². The molecule has 1 aromatic carbocycles. The summed E-state index contributed by atoms with van der Waals surface area (Å²) >= 11 is 0. The van der Waals surface area contributed by atoms with E-state index in [0.29, 0.717) is 0 Å². The molecule has 1 saturated heterocycles. The van der Waals surface area contributed by atoms with Gasteiger partial charge in [-0.2, -0.15) is 4.31 Å². The molecule has 2 aliphatic rings. The molecule has 3 rings (SSSR count). The zero-order valence-corrected chi connectivity index (χ0v) is 14.4. The fourth-order valence-electron chi connectivity index (χ4n) is 3.43. The van der Waals surface area contributed by atoms with E-state index in [1.54, 1.807) is 32.9 Å². The summed E-state index contributed by atoms with van der Waals surface area (Å²) in [6.07, 6.45) is 3.65. The number of hydrogen-bond acceptors (Lipinski definition) is 5. The molecule has 128 valence electrons. The third kappa shape index (κ3) is 2.21. The summed E-state index contributed by atoms with van der Waals surface area (Å²) in [6.45, 7) is 5.21. The Bertz CT molecular complexity index is 857. The number of nitrogens with zero attached hydrogens (tertiary/aromatic N) is 2. The van der Waals surface area contributed by atoms with Gasteiger partial charge in [0.1, 0.15) is 5.78 Å². The molecule has 1 fully saturated rings. The number of hydrogen-bond donors (Lipinski definition) is 0. The van der Waals surface area contributed by atoms with Crippen LogP contribution in [-0.2, 0) is 14.8 Å². The molecule has 0 radical (unpaired) electrons. The van der Waals surface area contributed by atoms with Crippen molar-refractivity contribution in [2.75, 3.05) is 0 Å². The average molecular weight is 350 g/mol. The predicted molar refractivity (Wildman–Crippen MR) is 86.9 cm³/mol. The van der Waals surface area contributed by atoms with Crippen LogP contribution in [0.4, 0.5) is 5.69 Å². The molecule has 1 aromatic rings. The summed E-state index contributed by atoms with van der Waals surface area (Å²) in [5, 5.41) is 10.7. The Labute approximate surface area is 140 Å². The Morgan fingerprint density at radius 2 is 1.79 bits per heavy atom. The van der Waals surface area contributed by atoms with Gasteiger partial charge in [-0.05, 0) is 19.1 Å². The van der Waals surface area contributed by atoms with Crippen LogP contribution in [0, 0.1) is 15.5 Å². The molecule has 0 N–H and O–H groups in total. The Morgan fingerprint density at radius 3 is 2.33 bits per heavy atom. The van der Waals surface area contributed by atoms with Gasteiger partial charge in [0.05, 0.1) is 21.4 Å². The van der Waals surface area contributed by atoms with E-state index in [9.17, 15) is 23.3 Å². The Hall–Kier alpha value is -2.06. The zero-order valence-electron chi connectivity index (χ0n) is 13.6. The smallest absolute Gasteiger partial charge is 0.269 e. The van der Waals surface area contributed by atoms with Crippen molar-refractivity contribution >= 4 is 21.5 Å². The van der Waals surface area contributed by atoms with Crippen LogP contribution >= 0.6 is 0 Å². The van der Waals surface area contributed by atoms with Crippen molar-refractivity contribution in [1.29, 1.82) is 0 Å². The fourth-order valence-corrected chi connectivity index (χ4v) is 5.45. The number of carbonyl (C=O) groups is 1. The second kappa shape index (κ2) is 4.97. The normalized spacial score (nSPS) is 29.0. The first-order valence-corrected chi connectivity index (χ1v) is 8.96. The number of rotatable bonds is 3. The van der Waals surface area contributed by atoms with Crippen LogP contribution in [-0.4, -0.2) is 35.0 Å². The highest BCUT2D eigenvalue weighted by Crippen LogP contribution is 2.48. The Kier molecular flexibility index (Phi) is 3.47. The van der Waals surface area contributed by atoms with Crippen molar-refractivity contribution in [3.63, 3.8) is 0 Å². The highest BCUT2D eigenvalue weighted by molar-refractivity contribution is 7.89. The second-order valence-corrected chi connectivity index (χ2v) is 8.85. The molecule has 0 saturated carbocycles. The molecule has 24 heavy (non-hydrogen) atoms. The minimum absolute atomic E-state index is 0.0156. The van der Waals surface area contributed by atoms with Gasteiger partial charge in [0.15, 0.2) is 0 Å². The maximum Gasteiger partial charge on any atom is 0.269 e. The van der Waals surface area contributed by atoms with E-state index in [1.165, 1.54) is 28.6 Å². The van der Waals surface area contributed by atoms with E-state index in [4.69, 9.17) is 0 Å². The summed E-state index contributed by atoms with van der Waals surface area (Å²) in [4.78, 5) is 22.5. The van der Waals surface area contributed by atoms with Gasteiger partial charge in [0.2, 0.25) is 10.0 Å². The summed E-state index contributed by atoms with van der Waals surface area (Å²) in [7, 11) is -3.90. The van der Waals surface area contributed by atoms with Crippen LogP contribution in [0.25, 0.3) is 0 Å². The largest absolute Gasteiger partial charge is 0.299 e. The van der Waals surface area contributed by atoms with Gasteiger partial charge in [-0.15, -0.1) is 0 Å². The van der Waals surface area contributed by atoms with Crippen molar-refractivity contribution in [2.45, 2.75) is 43.7 Å². The summed E-state index contributed by atoms with van der Waals surface area (Å²) in [5.41, 5.74) is -1.89. The molecular formula is C16H18N2O5S. The highest BCUT2D eigenvalue weighted by atomic mass is 32.2. The maximum atomic E-state index is 13.1.